The normalized spacial score (nSPS) is 17.8. The topological polar surface area (TPSA) is 15.3 Å². The van der Waals surface area contributed by atoms with E-state index >= 15 is 0 Å². The van der Waals surface area contributed by atoms with Crippen molar-refractivity contribution < 1.29 is 4.39 Å². The summed E-state index contributed by atoms with van der Waals surface area (Å²) in [6.07, 6.45) is 3.83. The summed E-state index contributed by atoms with van der Waals surface area (Å²) < 4.78 is 13.5. The third kappa shape index (κ3) is 4.29. The summed E-state index contributed by atoms with van der Waals surface area (Å²) in [6.45, 7) is 6.10. The highest BCUT2D eigenvalue weighted by Gasteiger charge is 2.18. The van der Waals surface area contributed by atoms with Crippen molar-refractivity contribution in [2.75, 3.05) is 26.7 Å². The predicted molar refractivity (Wildman–Crippen MR) is 77.7 cm³/mol. The minimum atomic E-state index is -0.0820. The van der Waals surface area contributed by atoms with Gasteiger partial charge in [-0.25, -0.2) is 4.39 Å². The molecule has 0 saturated carbocycles. The van der Waals surface area contributed by atoms with Gasteiger partial charge in [-0.05, 0) is 76.0 Å². The summed E-state index contributed by atoms with van der Waals surface area (Å²) in [7, 11) is 2.01. The number of halogens is 1. The number of hydrogen-bond acceptors (Lipinski definition) is 2. The molecule has 0 aromatic heterocycles. The molecule has 1 aromatic rings. The number of aryl methyl sites for hydroxylation is 1. The minimum Gasteiger partial charge on any atom is -0.320 e. The van der Waals surface area contributed by atoms with Gasteiger partial charge in [-0.15, -0.1) is 0 Å². The smallest absolute Gasteiger partial charge is 0.126 e. The van der Waals surface area contributed by atoms with Crippen LogP contribution in [0.2, 0.25) is 0 Å². The second kappa shape index (κ2) is 7.01. The van der Waals surface area contributed by atoms with Crippen molar-refractivity contribution in [1.29, 1.82) is 0 Å². The summed E-state index contributed by atoms with van der Waals surface area (Å²) in [5.74, 6) is 0.778. The van der Waals surface area contributed by atoms with E-state index in [0.29, 0.717) is 0 Å². The highest BCUT2D eigenvalue weighted by Crippen LogP contribution is 2.21. The highest BCUT2D eigenvalue weighted by molar-refractivity contribution is 5.23. The summed E-state index contributed by atoms with van der Waals surface area (Å²) in [6, 6.07) is 5.61. The monoisotopic (exact) mass is 264 g/mol. The van der Waals surface area contributed by atoms with E-state index in [4.69, 9.17) is 0 Å². The first kappa shape index (κ1) is 14.5. The van der Waals surface area contributed by atoms with Gasteiger partial charge in [0.25, 0.3) is 0 Å². The summed E-state index contributed by atoms with van der Waals surface area (Å²) in [5.41, 5.74) is 1.83. The van der Waals surface area contributed by atoms with E-state index in [0.717, 1.165) is 43.2 Å². The van der Waals surface area contributed by atoms with Gasteiger partial charge in [0.15, 0.2) is 0 Å². The van der Waals surface area contributed by atoms with Gasteiger partial charge < -0.3 is 5.32 Å². The third-order valence-corrected chi connectivity index (χ3v) is 4.15. The summed E-state index contributed by atoms with van der Waals surface area (Å²) in [5, 5.41) is 3.22. The average Bonchev–Trinajstić information content (AvgIpc) is 2.42. The quantitative estimate of drug-likeness (QED) is 0.879. The fraction of sp³-hybridized carbons (Fsp3) is 0.625. The van der Waals surface area contributed by atoms with Gasteiger partial charge in [0.05, 0.1) is 0 Å². The number of piperidine rings is 1. The first-order valence-electron chi connectivity index (χ1n) is 7.31. The van der Waals surface area contributed by atoms with Gasteiger partial charge in [0.2, 0.25) is 0 Å². The van der Waals surface area contributed by atoms with Crippen LogP contribution in [0.1, 0.15) is 30.4 Å². The molecule has 1 aromatic carbocycles. The number of nitrogens with zero attached hydrogens (tertiary/aromatic N) is 1. The van der Waals surface area contributed by atoms with E-state index in [1.807, 2.05) is 26.1 Å². The average molecular weight is 264 g/mol. The van der Waals surface area contributed by atoms with E-state index in [2.05, 4.69) is 10.2 Å². The van der Waals surface area contributed by atoms with E-state index in [9.17, 15) is 4.39 Å². The van der Waals surface area contributed by atoms with Crippen LogP contribution in [0.15, 0.2) is 18.2 Å². The fourth-order valence-corrected chi connectivity index (χ4v) is 2.77. The molecule has 0 radical (unpaired) electrons. The van der Waals surface area contributed by atoms with Gasteiger partial charge in [0.1, 0.15) is 5.82 Å². The van der Waals surface area contributed by atoms with Crippen LogP contribution in [0, 0.1) is 18.7 Å². The Bertz CT molecular complexity index is 398. The molecule has 2 nitrogen and oxygen atoms in total. The zero-order chi connectivity index (χ0) is 13.7. The first-order valence-corrected chi connectivity index (χ1v) is 7.31. The Morgan fingerprint density at radius 1 is 1.32 bits per heavy atom. The minimum absolute atomic E-state index is 0.0820. The Morgan fingerprint density at radius 3 is 2.68 bits per heavy atom. The number of nitrogens with one attached hydrogen (secondary N) is 1. The van der Waals surface area contributed by atoms with E-state index in [-0.39, 0.29) is 5.82 Å². The van der Waals surface area contributed by atoms with Crippen LogP contribution in [0.3, 0.4) is 0 Å². The molecular formula is C16H25FN2. The summed E-state index contributed by atoms with van der Waals surface area (Å²) in [4.78, 5) is 2.44. The van der Waals surface area contributed by atoms with Crippen molar-refractivity contribution >= 4 is 0 Å². The van der Waals surface area contributed by atoms with Crippen LogP contribution in [-0.4, -0.2) is 31.6 Å². The van der Waals surface area contributed by atoms with Crippen molar-refractivity contribution in [3.05, 3.63) is 35.1 Å². The molecule has 0 bridgehead atoms. The van der Waals surface area contributed by atoms with Crippen molar-refractivity contribution in [3.63, 3.8) is 0 Å². The van der Waals surface area contributed by atoms with Gasteiger partial charge in [-0.1, -0.05) is 12.1 Å². The maximum absolute atomic E-state index is 13.5. The van der Waals surface area contributed by atoms with Crippen LogP contribution >= 0.6 is 0 Å². The Morgan fingerprint density at radius 2 is 2.05 bits per heavy atom. The molecule has 1 aliphatic rings. The van der Waals surface area contributed by atoms with Gasteiger partial charge >= 0.3 is 0 Å². The molecule has 3 heteroatoms. The van der Waals surface area contributed by atoms with E-state index in [1.165, 1.54) is 19.3 Å². The van der Waals surface area contributed by atoms with Gasteiger partial charge in [-0.2, -0.15) is 0 Å². The number of likely N-dealkylation sites (tertiary alicyclic amines) is 1. The van der Waals surface area contributed by atoms with Crippen molar-refractivity contribution in [1.82, 2.24) is 10.2 Å². The Balaban J connectivity index is 1.80. The Labute approximate surface area is 116 Å². The first-order chi connectivity index (χ1) is 9.19. The lowest BCUT2D eigenvalue weighted by Crippen LogP contribution is -2.34. The number of benzene rings is 1. The highest BCUT2D eigenvalue weighted by atomic mass is 19.1. The largest absolute Gasteiger partial charge is 0.320 e. The molecule has 2 rings (SSSR count). The molecule has 1 aliphatic heterocycles. The third-order valence-electron chi connectivity index (χ3n) is 4.15. The second-order valence-corrected chi connectivity index (χ2v) is 5.70. The van der Waals surface area contributed by atoms with E-state index < -0.39 is 0 Å². The lowest BCUT2D eigenvalue weighted by molar-refractivity contribution is 0.172. The van der Waals surface area contributed by atoms with Gasteiger partial charge in [0, 0.05) is 6.54 Å². The maximum Gasteiger partial charge on any atom is 0.126 e. The molecule has 1 heterocycles. The lowest BCUT2D eigenvalue weighted by Gasteiger charge is -2.32. The predicted octanol–water partition coefficient (Wildman–Crippen LogP) is 2.96. The van der Waals surface area contributed by atoms with Crippen molar-refractivity contribution in [3.8, 4) is 0 Å². The van der Waals surface area contributed by atoms with Crippen LogP contribution in [-0.2, 0) is 6.54 Å². The standard InChI is InChI=1S/C16H25FN2/c1-13-3-4-15(11-16(13)17)12-19-9-6-14(7-10-19)5-8-18-2/h3-4,11,14,18H,5-10,12H2,1-2H3. The number of hydrogen-bond donors (Lipinski definition) is 1. The Hall–Kier alpha value is -0.930. The second-order valence-electron chi connectivity index (χ2n) is 5.70. The molecule has 0 spiro atoms. The molecule has 0 unspecified atom stereocenters. The van der Waals surface area contributed by atoms with Crippen LogP contribution < -0.4 is 5.32 Å². The summed E-state index contributed by atoms with van der Waals surface area (Å²) >= 11 is 0. The SMILES string of the molecule is CNCCC1CCN(Cc2ccc(C)c(F)c2)CC1. The van der Waals surface area contributed by atoms with Crippen molar-refractivity contribution in [2.45, 2.75) is 32.7 Å². The molecule has 0 atom stereocenters. The zero-order valence-electron chi connectivity index (χ0n) is 12.1. The molecule has 0 aliphatic carbocycles. The zero-order valence-corrected chi connectivity index (χ0v) is 12.1. The van der Waals surface area contributed by atoms with Crippen molar-refractivity contribution in [2.24, 2.45) is 5.92 Å². The molecule has 0 amide bonds. The fourth-order valence-electron chi connectivity index (χ4n) is 2.77. The molecule has 1 fully saturated rings. The molecular weight excluding hydrogens is 239 g/mol. The van der Waals surface area contributed by atoms with Crippen LogP contribution in [0.4, 0.5) is 4.39 Å². The van der Waals surface area contributed by atoms with Crippen LogP contribution in [0.5, 0.6) is 0 Å². The maximum atomic E-state index is 13.5. The molecule has 106 valence electrons. The molecule has 19 heavy (non-hydrogen) atoms. The molecule has 1 N–H and O–H groups in total. The number of rotatable bonds is 5. The molecule has 1 saturated heterocycles. The van der Waals surface area contributed by atoms with Gasteiger partial charge in [-0.3, -0.25) is 4.90 Å². The Kier molecular flexibility index (Phi) is 5.34. The lowest BCUT2D eigenvalue weighted by atomic mass is 9.93. The van der Waals surface area contributed by atoms with Crippen LogP contribution in [0.25, 0.3) is 0 Å². The van der Waals surface area contributed by atoms with E-state index in [1.54, 1.807) is 6.07 Å².